The maximum absolute atomic E-state index is 12.4. The summed E-state index contributed by atoms with van der Waals surface area (Å²) in [6, 6.07) is 14.2. The lowest BCUT2D eigenvalue weighted by atomic mass is 10.1. The van der Waals surface area contributed by atoms with Crippen LogP contribution in [0.2, 0.25) is 0 Å². The SMILES string of the molecule is Cc1ccn(CC2CN(Cc3ccccc3)CCCO2)c(=O)c1C#N. The van der Waals surface area contributed by atoms with Crippen molar-refractivity contribution in [3.63, 3.8) is 0 Å². The minimum absolute atomic E-state index is 0.0573. The van der Waals surface area contributed by atoms with Gasteiger partial charge in [0.05, 0.1) is 12.6 Å². The lowest BCUT2D eigenvalue weighted by Gasteiger charge is -2.24. The van der Waals surface area contributed by atoms with Crippen LogP contribution in [-0.4, -0.2) is 35.3 Å². The first-order chi connectivity index (χ1) is 12.2. The van der Waals surface area contributed by atoms with Crippen LogP contribution < -0.4 is 5.56 Å². The van der Waals surface area contributed by atoms with Gasteiger partial charge in [0, 0.05) is 32.4 Å². The van der Waals surface area contributed by atoms with Gasteiger partial charge >= 0.3 is 0 Å². The highest BCUT2D eigenvalue weighted by Crippen LogP contribution is 2.12. The maximum atomic E-state index is 12.4. The van der Waals surface area contributed by atoms with Gasteiger partial charge in [0.15, 0.2) is 0 Å². The van der Waals surface area contributed by atoms with Crippen LogP contribution in [0.15, 0.2) is 47.4 Å². The summed E-state index contributed by atoms with van der Waals surface area (Å²) in [4.78, 5) is 14.8. The molecule has 0 radical (unpaired) electrons. The van der Waals surface area contributed by atoms with Crippen molar-refractivity contribution >= 4 is 0 Å². The molecule has 5 heteroatoms. The van der Waals surface area contributed by atoms with Crippen molar-refractivity contribution in [3.05, 3.63) is 69.6 Å². The summed E-state index contributed by atoms with van der Waals surface area (Å²) in [6.45, 7) is 5.59. The van der Waals surface area contributed by atoms with Gasteiger partial charge in [-0.2, -0.15) is 5.26 Å². The van der Waals surface area contributed by atoms with E-state index in [2.05, 4.69) is 29.2 Å². The minimum atomic E-state index is -0.232. The van der Waals surface area contributed by atoms with E-state index < -0.39 is 0 Å². The molecule has 1 aromatic carbocycles. The van der Waals surface area contributed by atoms with E-state index in [0.29, 0.717) is 13.2 Å². The first kappa shape index (κ1) is 17.4. The zero-order valence-corrected chi connectivity index (χ0v) is 14.5. The fraction of sp³-hybridized carbons (Fsp3) is 0.400. The Balaban J connectivity index is 1.72. The number of rotatable bonds is 4. The van der Waals surface area contributed by atoms with Crippen molar-refractivity contribution in [1.29, 1.82) is 5.26 Å². The second kappa shape index (κ2) is 8.11. The third kappa shape index (κ3) is 4.36. The van der Waals surface area contributed by atoms with Crippen molar-refractivity contribution in [1.82, 2.24) is 9.47 Å². The summed E-state index contributed by atoms with van der Waals surface area (Å²) >= 11 is 0. The van der Waals surface area contributed by atoms with Crippen LogP contribution in [0.3, 0.4) is 0 Å². The third-order valence-corrected chi connectivity index (χ3v) is 4.57. The molecule has 5 nitrogen and oxygen atoms in total. The smallest absolute Gasteiger partial charge is 0.268 e. The molecule has 0 saturated carbocycles. The monoisotopic (exact) mass is 337 g/mol. The molecular formula is C20H23N3O2. The molecule has 130 valence electrons. The van der Waals surface area contributed by atoms with Crippen LogP contribution in [0, 0.1) is 18.3 Å². The largest absolute Gasteiger partial charge is 0.375 e. The molecule has 1 aromatic heterocycles. The van der Waals surface area contributed by atoms with Crippen LogP contribution in [0.4, 0.5) is 0 Å². The molecule has 1 aliphatic heterocycles. The molecule has 0 aliphatic carbocycles. The molecule has 0 amide bonds. The topological polar surface area (TPSA) is 58.3 Å². The summed E-state index contributed by atoms with van der Waals surface area (Å²) in [6.07, 6.45) is 2.68. The number of nitrogens with zero attached hydrogens (tertiary/aromatic N) is 3. The number of aromatic nitrogens is 1. The van der Waals surface area contributed by atoms with Crippen LogP contribution in [0.25, 0.3) is 0 Å². The number of hydrogen-bond donors (Lipinski definition) is 0. The van der Waals surface area contributed by atoms with Crippen molar-refractivity contribution in [2.75, 3.05) is 19.7 Å². The first-order valence-corrected chi connectivity index (χ1v) is 8.65. The Morgan fingerprint density at radius 1 is 1.28 bits per heavy atom. The van der Waals surface area contributed by atoms with Crippen LogP contribution in [-0.2, 0) is 17.8 Å². The highest BCUT2D eigenvalue weighted by Gasteiger charge is 2.20. The molecule has 1 aliphatic rings. The van der Waals surface area contributed by atoms with E-state index >= 15 is 0 Å². The van der Waals surface area contributed by atoms with Gasteiger partial charge in [0.25, 0.3) is 5.56 Å². The number of ether oxygens (including phenoxy) is 1. The van der Waals surface area contributed by atoms with E-state index in [-0.39, 0.29) is 17.2 Å². The number of hydrogen-bond acceptors (Lipinski definition) is 4. The fourth-order valence-electron chi connectivity index (χ4n) is 3.23. The standard InChI is InChI=1S/C20H23N3O2/c1-16-8-10-23(20(24)19(16)12-21)15-18-14-22(9-5-11-25-18)13-17-6-3-2-4-7-17/h2-4,6-8,10,18H,5,9,11,13-15H2,1H3. The van der Waals surface area contributed by atoms with Crippen LogP contribution >= 0.6 is 0 Å². The summed E-state index contributed by atoms with van der Waals surface area (Å²) in [5.41, 5.74) is 1.99. The van der Waals surface area contributed by atoms with Gasteiger partial charge in [-0.05, 0) is 30.5 Å². The summed E-state index contributed by atoms with van der Waals surface area (Å²) in [7, 11) is 0. The molecule has 3 rings (SSSR count). The Labute approximate surface area is 148 Å². The normalized spacial score (nSPS) is 18.5. The molecule has 1 saturated heterocycles. The molecular weight excluding hydrogens is 314 g/mol. The highest BCUT2D eigenvalue weighted by atomic mass is 16.5. The Morgan fingerprint density at radius 2 is 2.08 bits per heavy atom. The molecule has 0 N–H and O–H groups in total. The fourth-order valence-corrected chi connectivity index (χ4v) is 3.23. The Kier molecular flexibility index (Phi) is 5.64. The number of benzene rings is 1. The van der Waals surface area contributed by atoms with E-state index in [1.807, 2.05) is 18.2 Å². The molecule has 0 spiro atoms. The van der Waals surface area contributed by atoms with E-state index in [9.17, 15) is 10.1 Å². The number of aryl methyl sites for hydroxylation is 1. The van der Waals surface area contributed by atoms with Gasteiger partial charge in [0.1, 0.15) is 11.6 Å². The number of nitriles is 1. The molecule has 0 bridgehead atoms. The zero-order chi connectivity index (χ0) is 17.6. The quantitative estimate of drug-likeness (QED) is 0.859. The van der Waals surface area contributed by atoms with Crippen LogP contribution in [0.1, 0.15) is 23.1 Å². The van der Waals surface area contributed by atoms with Crippen molar-refractivity contribution in [2.45, 2.75) is 32.5 Å². The number of pyridine rings is 1. The zero-order valence-electron chi connectivity index (χ0n) is 14.5. The van der Waals surface area contributed by atoms with Gasteiger partial charge in [-0.3, -0.25) is 9.69 Å². The van der Waals surface area contributed by atoms with E-state index in [1.54, 1.807) is 17.7 Å². The molecule has 2 heterocycles. The van der Waals surface area contributed by atoms with E-state index in [1.165, 1.54) is 5.56 Å². The lowest BCUT2D eigenvalue weighted by molar-refractivity contribution is 0.0408. The predicted octanol–water partition coefficient (Wildman–Crippen LogP) is 2.32. The van der Waals surface area contributed by atoms with Crippen molar-refractivity contribution < 1.29 is 4.74 Å². The summed E-state index contributed by atoms with van der Waals surface area (Å²) in [5, 5.41) is 9.18. The van der Waals surface area contributed by atoms with E-state index in [4.69, 9.17) is 4.74 Å². The molecule has 1 atom stereocenters. The van der Waals surface area contributed by atoms with E-state index in [0.717, 1.165) is 31.6 Å². The van der Waals surface area contributed by atoms with Gasteiger partial charge in [-0.1, -0.05) is 30.3 Å². The minimum Gasteiger partial charge on any atom is -0.375 e. The van der Waals surface area contributed by atoms with Gasteiger partial charge < -0.3 is 9.30 Å². The van der Waals surface area contributed by atoms with Gasteiger partial charge in [0.2, 0.25) is 0 Å². The second-order valence-corrected chi connectivity index (χ2v) is 6.51. The Morgan fingerprint density at radius 3 is 2.84 bits per heavy atom. The molecule has 25 heavy (non-hydrogen) atoms. The molecule has 2 aromatic rings. The molecule has 1 unspecified atom stereocenters. The van der Waals surface area contributed by atoms with Gasteiger partial charge in [-0.15, -0.1) is 0 Å². The summed E-state index contributed by atoms with van der Waals surface area (Å²) < 4.78 is 7.55. The van der Waals surface area contributed by atoms with Crippen molar-refractivity contribution in [3.8, 4) is 6.07 Å². The predicted molar refractivity (Wildman–Crippen MR) is 96.2 cm³/mol. The first-order valence-electron chi connectivity index (χ1n) is 8.65. The Hall–Kier alpha value is -2.42. The lowest BCUT2D eigenvalue weighted by Crippen LogP contribution is -2.36. The third-order valence-electron chi connectivity index (χ3n) is 4.57. The second-order valence-electron chi connectivity index (χ2n) is 6.51. The van der Waals surface area contributed by atoms with Crippen LogP contribution in [0.5, 0.6) is 0 Å². The molecule has 1 fully saturated rings. The highest BCUT2D eigenvalue weighted by molar-refractivity contribution is 5.33. The maximum Gasteiger partial charge on any atom is 0.268 e. The van der Waals surface area contributed by atoms with Crippen molar-refractivity contribution in [2.24, 2.45) is 0 Å². The average Bonchev–Trinajstić information content (AvgIpc) is 2.84. The Bertz CT molecular complexity index is 808. The van der Waals surface area contributed by atoms with Gasteiger partial charge in [-0.25, -0.2) is 0 Å². The summed E-state index contributed by atoms with van der Waals surface area (Å²) in [5.74, 6) is 0. The average molecular weight is 337 g/mol.